The number of nitrogens with zero attached hydrogens (tertiary/aromatic N) is 2. The molecule has 0 N–H and O–H groups in total. The first-order valence-electron chi connectivity index (χ1n) is 9.80. The minimum Gasteiger partial charge on any atom is -0.345 e. The fraction of sp³-hybridized carbons (Fsp3) is 0.500. The summed E-state index contributed by atoms with van der Waals surface area (Å²) >= 11 is 0. The largest absolute Gasteiger partial charge is 0.345 e. The third-order valence-corrected chi connectivity index (χ3v) is 4.65. The van der Waals surface area contributed by atoms with E-state index in [-0.39, 0.29) is 11.7 Å². The number of amides is 1. The summed E-state index contributed by atoms with van der Waals surface area (Å²) in [6.45, 7) is 6.33. The molecule has 26 heavy (non-hydrogen) atoms. The maximum atomic E-state index is 13.4. The van der Waals surface area contributed by atoms with Gasteiger partial charge in [-0.25, -0.2) is 4.39 Å². The van der Waals surface area contributed by atoms with Gasteiger partial charge in [-0.05, 0) is 42.7 Å². The van der Waals surface area contributed by atoms with Crippen molar-refractivity contribution >= 4 is 5.91 Å². The summed E-state index contributed by atoms with van der Waals surface area (Å²) in [6, 6.07) is 10.7. The molecule has 0 aliphatic rings. The van der Waals surface area contributed by atoms with Gasteiger partial charge in [0, 0.05) is 31.4 Å². The van der Waals surface area contributed by atoms with Gasteiger partial charge in [0.2, 0.25) is 5.91 Å². The lowest BCUT2D eigenvalue weighted by atomic mass is 10.1. The summed E-state index contributed by atoms with van der Waals surface area (Å²) in [6.07, 6.45) is 7.90. The number of carbonyl (C=O) groups excluding carboxylic acids is 1. The molecule has 3 nitrogen and oxygen atoms in total. The van der Waals surface area contributed by atoms with Crippen LogP contribution < -0.4 is 0 Å². The summed E-state index contributed by atoms with van der Waals surface area (Å²) < 4.78 is 15.5. The first kappa shape index (κ1) is 20.2. The van der Waals surface area contributed by atoms with Crippen molar-refractivity contribution in [3.05, 3.63) is 59.7 Å². The Morgan fingerprint density at radius 1 is 1.08 bits per heavy atom. The number of hydrogen-bond donors (Lipinski definition) is 0. The summed E-state index contributed by atoms with van der Waals surface area (Å²) in [5.41, 5.74) is 2.02. The Kier molecular flexibility index (Phi) is 8.39. The number of hydrogen-bond acceptors (Lipinski definition) is 1. The molecule has 0 bridgehead atoms. The Morgan fingerprint density at radius 3 is 2.62 bits per heavy atom. The van der Waals surface area contributed by atoms with E-state index in [2.05, 4.69) is 24.5 Å². The second-order valence-corrected chi connectivity index (χ2v) is 6.88. The molecule has 0 spiro atoms. The average molecular weight is 359 g/mol. The third-order valence-electron chi connectivity index (χ3n) is 4.65. The highest BCUT2D eigenvalue weighted by Crippen LogP contribution is 2.14. The van der Waals surface area contributed by atoms with Crippen LogP contribution in [0.4, 0.5) is 4.39 Å². The van der Waals surface area contributed by atoms with Crippen LogP contribution >= 0.6 is 0 Å². The number of carbonyl (C=O) groups is 1. The Bertz CT molecular complexity index is 680. The molecule has 1 amide bonds. The smallest absolute Gasteiger partial charge is 0.222 e. The fourth-order valence-corrected chi connectivity index (χ4v) is 3.10. The molecule has 0 saturated heterocycles. The fourth-order valence-electron chi connectivity index (χ4n) is 3.10. The predicted molar refractivity (Wildman–Crippen MR) is 104 cm³/mol. The Hall–Kier alpha value is -2.10. The minimum absolute atomic E-state index is 0.216. The van der Waals surface area contributed by atoms with Crippen LogP contribution in [-0.2, 0) is 17.9 Å². The Labute approximate surface area is 156 Å². The van der Waals surface area contributed by atoms with Crippen molar-refractivity contribution in [3.63, 3.8) is 0 Å². The molecule has 0 fully saturated rings. The zero-order valence-electron chi connectivity index (χ0n) is 16.1. The van der Waals surface area contributed by atoms with E-state index < -0.39 is 0 Å². The van der Waals surface area contributed by atoms with Crippen molar-refractivity contribution in [3.8, 4) is 0 Å². The van der Waals surface area contributed by atoms with Gasteiger partial charge in [0.25, 0.3) is 0 Å². The van der Waals surface area contributed by atoms with E-state index in [1.165, 1.54) is 6.07 Å². The summed E-state index contributed by atoms with van der Waals surface area (Å²) in [5.74, 6) is 0.0253. The van der Waals surface area contributed by atoms with Crippen LogP contribution in [0.15, 0.2) is 42.6 Å². The topological polar surface area (TPSA) is 25.2 Å². The number of aromatic nitrogens is 1. The molecule has 142 valence electrons. The molecule has 4 heteroatoms. The molecular formula is C22H31FN2O. The van der Waals surface area contributed by atoms with E-state index in [1.54, 1.807) is 12.1 Å². The normalized spacial score (nSPS) is 10.9. The van der Waals surface area contributed by atoms with Crippen molar-refractivity contribution < 1.29 is 9.18 Å². The molecule has 2 aromatic rings. The summed E-state index contributed by atoms with van der Waals surface area (Å²) in [7, 11) is 0. The van der Waals surface area contributed by atoms with E-state index in [0.717, 1.165) is 49.9 Å². The van der Waals surface area contributed by atoms with Gasteiger partial charge in [0.05, 0.1) is 6.54 Å². The first-order valence-corrected chi connectivity index (χ1v) is 9.80. The summed E-state index contributed by atoms with van der Waals surface area (Å²) in [4.78, 5) is 14.6. The molecule has 0 aliphatic heterocycles. The highest BCUT2D eigenvalue weighted by atomic mass is 19.1. The predicted octanol–water partition coefficient (Wildman–Crippen LogP) is 5.38. The second kappa shape index (κ2) is 10.8. The minimum atomic E-state index is -0.216. The van der Waals surface area contributed by atoms with E-state index in [4.69, 9.17) is 0 Å². The monoisotopic (exact) mass is 358 g/mol. The molecule has 0 radical (unpaired) electrons. The maximum absolute atomic E-state index is 13.4. The third kappa shape index (κ3) is 6.32. The van der Waals surface area contributed by atoms with Gasteiger partial charge < -0.3 is 9.47 Å². The van der Waals surface area contributed by atoms with E-state index >= 15 is 0 Å². The highest BCUT2D eigenvalue weighted by Gasteiger charge is 2.15. The van der Waals surface area contributed by atoms with Crippen LogP contribution in [0.5, 0.6) is 0 Å². The van der Waals surface area contributed by atoms with Gasteiger partial charge in [-0.3, -0.25) is 4.79 Å². The zero-order chi connectivity index (χ0) is 18.8. The van der Waals surface area contributed by atoms with Gasteiger partial charge in [0.15, 0.2) is 0 Å². The van der Waals surface area contributed by atoms with Gasteiger partial charge in [0.1, 0.15) is 5.82 Å². The first-order chi connectivity index (χ1) is 12.6. The van der Waals surface area contributed by atoms with Crippen LogP contribution in [0, 0.1) is 5.82 Å². The van der Waals surface area contributed by atoms with Gasteiger partial charge in [-0.2, -0.15) is 0 Å². The molecule has 2 rings (SSSR count). The second-order valence-electron chi connectivity index (χ2n) is 6.88. The van der Waals surface area contributed by atoms with Crippen LogP contribution in [0.3, 0.4) is 0 Å². The maximum Gasteiger partial charge on any atom is 0.222 e. The Morgan fingerprint density at radius 2 is 1.88 bits per heavy atom. The molecule has 1 aromatic heterocycles. The Balaban J connectivity index is 2.05. The summed E-state index contributed by atoms with van der Waals surface area (Å²) in [5, 5.41) is 0. The number of benzene rings is 1. The molecule has 1 heterocycles. The van der Waals surface area contributed by atoms with Crippen molar-refractivity contribution in [2.24, 2.45) is 0 Å². The van der Waals surface area contributed by atoms with E-state index in [0.29, 0.717) is 19.5 Å². The highest BCUT2D eigenvalue weighted by molar-refractivity contribution is 5.76. The van der Waals surface area contributed by atoms with Crippen LogP contribution in [0.1, 0.15) is 63.6 Å². The number of unbranched alkanes of at least 4 members (excludes halogenated alkanes) is 3. The molecule has 0 unspecified atom stereocenters. The lowest BCUT2D eigenvalue weighted by molar-refractivity contribution is -0.132. The SMILES string of the molecule is CCCCCC(=O)N(CCCC)Cc1cccn1Cc1cccc(F)c1. The number of halogens is 1. The molecule has 1 aromatic carbocycles. The molecule has 0 aliphatic carbocycles. The van der Waals surface area contributed by atoms with Crippen molar-refractivity contribution in [1.29, 1.82) is 0 Å². The average Bonchev–Trinajstić information content (AvgIpc) is 3.05. The van der Waals surface area contributed by atoms with Crippen LogP contribution in [-0.4, -0.2) is 21.9 Å². The lowest BCUT2D eigenvalue weighted by Crippen LogP contribution is -2.32. The molecular weight excluding hydrogens is 327 g/mol. The van der Waals surface area contributed by atoms with Crippen molar-refractivity contribution in [1.82, 2.24) is 9.47 Å². The van der Waals surface area contributed by atoms with Crippen molar-refractivity contribution in [2.75, 3.05) is 6.54 Å². The standard InChI is InChI=1S/C22H31FN2O/c1-3-5-7-13-22(26)25(14-6-4-2)18-21-12-9-15-24(21)17-19-10-8-11-20(23)16-19/h8-12,15-16H,3-7,13-14,17-18H2,1-2H3. The molecule has 0 saturated carbocycles. The van der Waals surface area contributed by atoms with Crippen LogP contribution in [0.25, 0.3) is 0 Å². The van der Waals surface area contributed by atoms with E-state index in [1.807, 2.05) is 23.2 Å². The zero-order valence-corrected chi connectivity index (χ0v) is 16.1. The van der Waals surface area contributed by atoms with E-state index in [9.17, 15) is 9.18 Å². The number of rotatable bonds is 11. The van der Waals surface area contributed by atoms with Gasteiger partial charge in [-0.1, -0.05) is 45.2 Å². The van der Waals surface area contributed by atoms with Crippen molar-refractivity contribution in [2.45, 2.75) is 65.5 Å². The quantitative estimate of drug-likeness (QED) is 0.495. The van der Waals surface area contributed by atoms with Crippen LogP contribution in [0.2, 0.25) is 0 Å². The van der Waals surface area contributed by atoms with Gasteiger partial charge in [-0.15, -0.1) is 0 Å². The van der Waals surface area contributed by atoms with Gasteiger partial charge >= 0.3 is 0 Å². The lowest BCUT2D eigenvalue weighted by Gasteiger charge is -2.24. The molecule has 0 atom stereocenters.